The SMILES string of the molecule is NC(CCC(=O)O)C(=O)NC(CS)C(=O)NC(Cc1c[nH]c2ccccc12)C(=O)NC(CO)C(=O)O. The lowest BCUT2D eigenvalue weighted by molar-refractivity contribution is -0.143. The molecule has 1 heterocycles. The fourth-order valence-electron chi connectivity index (χ4n) is 3.34. The zero-order valence-corrected chi connectivity index (χ0v) is 20.0. The lowest BCUT2D eigenvalue weighted by Crippen LogP contribution is -2.58. The molecular formula is C22H29N5O8S. The molecule has 4 unspecified atom stereocenters. The molecule has 196 valence electrons. The number of aliphatic carboxylic acids is 2. The van der Waals surface area contributed by atoms with Crippen molar-refractivity contribution in [1.29, 1.82) is 0 Å². The molecule has 2 aromatic rings. The maximum atomic E-state index is 12.9. The number of aliphatic hydroxyl groups excluding tert-OH is 1. The Hall–Kier alpha value is -3.62. The minimum atomic E-state index is -1.59. The van der Waals surface area contributed by atoms with Crippen molar-refractivity contribution >= 4 is 53.2 Å². The number of carbonyl (C=O) groups is 5. The molecule has 2 rings (SSSR count). The van der Waals surface area contributed by atoms with Crippen LogP contribution in [0.25, 0.3) is 10.9 Å². The van der Waals surface area contributed by atoms with Crippen LogP contribution in [0.1, 0.15) is 18.4 Å². The molecular weight excluding hydrogens is 494 g/mol. The van der Waals surface area contributed by atoms with Gasteiger partial charge in [0, 0.05) is 35.7 Å². The first kappa shape index (κ1) is 28.6. The normalized spacial score (nSPS) is 14.3. The summed E-state index contributed by atoms with van der Waals surface area (Å²) in [6, 6.07) is 1.97. The average Bonchev–Trinajstić information content (AvgIpc) is 3.25. The van der Waals surface area contributed by atoms with Crippen LogP contribution in [0.4, 0.5) is 0 Å². The number of carbonyl (C=O) groups excluding carboxylic acids is 3. The number of thiol groups is 1. The van der Waals surface area contributed by atoms with Gasteiger partial charge in [-0.1, -0.05) is 18.2 Å². The Labute approximate surface area is 211 Å². The van der Waals surface area contributed by atoms with Crippen LogP contribution in [0.3, 0.4) is 0 Å². The molecule has 1 aromatic heterocycles. The van der Waals surface area contributed by atoms with Gasteiger partial charge in [-0.2, -0.15) is 12.6 Å². The van der Waals surface area contributed by atoms with E-state index in [0.29, 0.717) is 5.56 Å². The molecule has 36 heavy (non-hydrogen) atoms. The fraction of sp³-hybridized carbons (Fsp3) is 0.409. The van der Waals surface area contributed by atoms with Crippen molar-refractivity contribution in [3.8, 4) is 0 Å². The molecule has 0 radical (unpaired) electrons. The number of rotatable bonds is 14. The van der Waals surface area contributed by atoms with Crippen molar-refractivity contribution < 1.29 is 39.3 Å². The summed E-state index contributed by atoms with van der Waals surface area (Å²) < 4.78 is 0. The van der Waals surface area contributed by atoms with Gasteiger partial charge >= 0.3 is 11.9 Å². The average molecular weight is 524 g/mol. The summed E-state index contributed by atoms with van der Waals surface area (Å²) in [5.41, 5.74) is 7.12. The lowest BCUT2D eigenvalue weighted by Gasteiger charge is -2.24. The van der Waals surface area contributed by atoms with Crippen molar-refractivity contribution in [3.05, 3.63) is 36.0 Å². The second-order valence-electron chi connectivity index (χ2n) is 7.99. The highest BCUT2D eigenvalue weighted by molar-refractivity contribution is 7.80. The standard InChI is InChI=1S/C22H29N5O8S/c23-13(5-6-18(29)30)19(31)27-17(10-36)21(33)25-15(20(32)26-16(9-28)22(34)35)7-11-8-24-14-4-2-1-3-12(11)14/h1-4,8,13,15-17,24,28,36H,5-7,9-10,23H2,(H,25,33)(H,26,32)(H,27,31)(H,29,30)(H,34,35). The van der Waals surface area contributed by atoms with Crippen LogP contribution in [0.5, 0.6) is 0 Å². The minimum absolute atomic E-state index is 0.0370. The molecule has 0 aliphatic heterocycles. The number of fused-ring (bicyclic) bond motifs is 1. The van der Waals surface area contributed by atoms with E-state index in [1.165, 1.54) is 0 Å². The molecule has 0 aliphatic carbocycles. The van der Waals surface area contributed by atoms with E-state index in [9.17, 15) is 29.1 Å². The number of amides is 3. The van der Waals surface area contributed by atoms with Crippen molar-refractivity contribution in [3.63, 3.8) is 0 Å². The van der Waals surface area contributed by atoms with Crippen LogP contribution < -0.4 is 21.7 Å². The summed E-state index contributed by atoms with van der Waals surface area (Å²) in [6.45, 7) is -0.863. The van der Waals surface area contributed by atoms with Crippen molar-refractivity contribution in [2.45, 2.75) is 43.4 Å². The minimum Gasteiger partial charge on any atom is -0.481 e. The van der Waals surface area contributed by atoms with Crippen LogP contribution in [0.15, 0.2) is 30.5 Å². The molecule has 14 heteroatoms. The first-order valence-corrected chi connectivity index (χ1v) is 11.6. The second kappa shape index (κ2) is 13.5. The third kappa shape index (κ3) is 7.96. The van der Waals surface area contributed by atoms with Crippen LogP contribution >= 0.6 is 12.6 Å². The molecule has 0 fully saturated rings. The molecule has 9 N–H and O–H groups in total. The summed E-state index contributed by atoms with van der Waals surface area (Å²) in [7, 11) is 0. The number of aromatic nitrogens is 1. The monoisotopic (exact) mass is 523 g/mol. The summed E-state index contributed by atoms with van der Waals surface area (Å²) in [6.07, 6.45) is 1.13. The maximum absolute atomic E-state index is 12.9. The van der Waals surface area contributed by atoms with E-state index in [1.54, 1.807) is 18.3 Å². The van der Waals surface area contributed by atoms with Crippen LogP contribution in [0, 0.1) is 0 Å². The van der Waals surface area contributed by atoms with Gasteiger partial charge in [0.1, 0.15) is 18.1 Å². The van der Waals surface area contributed by atoms with Gasteiger partial charge in [0.25, 0.3) is 0 Å². The number of carboxylic acid groups (broad SMARTS) is 2. The number of aliphatic hydroxyl groups is 1. The molecule has 0 bridgehead atoms. The number of hydrogen-bond acceptors (Lipinski definition) is 8. The van der Waals surface area contributed by atoms with E-state index in [1.807, 2.05) is 12.1 Å². The Morgan fingerprint density at radius 2 is 1.56 bits per heavy atom. The third-order valence-corrected chi connectivity index (χ3v) is 5.72. The Bertz CT molecular complexity index is 1110. The Morgan fingerprint density at radius 3 is 2.17 bits per heavy atom. The number of hydrogen-bond donors (Lipinski definition) is 9. The highest BCUT2D eigenvalue weighted by atomic mass is 32.1. The van der Waals surface area contributed by atoms with Gasteiger partial charge in [0.05, 0.1) is 12.6 Å². The molecule has 0 saturated carbocycles. The number of nitrogens with one attached hydrogen (secondary N) is 4. The number of nitrogens with two attached hydrogens (primary N) is 1. The Morgan fingerprint density at radius 1 is 0.944 bits per heavy atom. The quantitative estimate of drug-likeness (QED) is 0.129. The number of benzene rings is 1. The lowest BCUT2D eigenvalue weighted by atomic mass is 10.0. The molecule has 0 saturated heterocycles. The van der Waals surface area contributed by atoms with Gasteiger partial charge in [-0.05, 0) is 18.1 Å². The van der Waals surface area contributed by atoms with Crippen molar-refractivity contribution in [2.75, 3.05) is 12.4 Å². The van der Waals surface area contributed by atoms with E-state index < -0.39 is 60.4 Å². The van der Waals surface area contributed by atoms with Crippen LogP contribution in [-0.4, -0.2) is 86.5 Å². The van der Waals surface area contributed by atoms with Gasteiger partial charge in [-0.15, -0.1) is 0 Å². The van der Waals surface area contributed by atoms with E-state index in [2.05, 4.69) is 33.6 Å². The Balaban J connectivity index is 2.20. The fourth-order valence-corrected chi connectivity index (χ4v) is 3.60. The molecule has 4 atom stereocenters. The summed E-state index contributed by atoms with van der Waals surface area (Å²) in [5, 5.41) is 35.0. The predicted octanol–water partition coefficient (Wildman–Crippen LogP) is -1.64. The maximum Gasteiger partial charge on any atom is 0.328 e. The van der Waals surface area contributed by atoms with E-state index in [0.717, 1.165) is 10.9 Å². The number of H-pyrrole nitrogens is 1. The molecule has 0 spiro atoms. The van der Waals surface area contributed by atoms with Crippen LogP contribution in [0.2, 0.25) is 0 Å². The smallest absolute Gasteiger partial charge is 0.328 e. The summed E-state index contributed by atoms with van der Waals surface area (Å²) in [5.74, 6) is -5.18. The highest BCUT2D eigenvalue weighted by Gasteiger charge is 2.30. The largest absolute Gasteiger partial charge is 0.481 e. The van der Waals surface area contributed by atoms with Gasteiger partial charge in [-0.25, -0.2) is 4.79 Å². The molecule has 0 aliphatic rings. The topological polar surface area (TPSA) is 224 Å². The predicted molar refractivity (Wildman–Crippen MR) is 131 cm³/mol. The summed E-state index contributed by atoms with van der Waals surface area (Å²) >= 11 is 4.07. The molecule has 1 aromatic carbocycles. The zero-order valence-electron chi connectivity index (χ0n) is 19.1. The van der Waals surface area contributed by atoms with Gasteiger partial charge < -0.3 is 42.0 Å². The molecule has 13 nitrogen and oxygen atoms in total. The molecule has 3 amide bonds. The third-order valence-electron chi connectivity index (χ3n) is 5.35. The van der Waals surface area contributed by atoms with Gasteiger partial charge in [0.2, 0.25) is 17.7 Å². The van der Waals surface area contributed by atoms with Gasteiger partial charge in [0.15, 0.2) is 0 Å². The highest BCUT2D eigenvalue weighted by Crippen LogP contribution is 2.19. The first-order chi connectivity index (χ1) is 17.1. The van der Waals surface area contributed by atoms with Crippen molar-refractivity contribution in [1.82, 2.24) is 20.9 Å². The number of para-hydroxylation sites is 1. The second-order valence-corrected chi connectivity index (χ2v) is 8.35. The first-order valence-electron chi connectivity index (χ1n) is 10.9. The summed E-state index contributed by atoms with van der Waals surface area (Å²) in [4.78, 5) is 63.1. The Kier molecular flexibility index (Phi) is 10.7. The number of aromatic amines is 1. The zero-order chi connectivity index (χ0) is 26.8. The van der Waals surface area contributed by atoms with E-state index in [-0.39, 0.29) is 25.0 Å². The van der Waals surface area contributed by atoms with Crippen molar-refractivity contribution in [2.24, 2.45) is 5.73 Å². The van der Waals surface area contributed by atoms with E-state index >= 15 is 0 Å². The van der Waals surface area contributed by atoms with E-state index in [4.69, 9.17) is 15.9 Å². The van der Waals surface area contributed by atoms with Gasteiger partial charge in [-0.3, -0.25) is 19.2 Å². The van der Waals surface area contributed by atoms with Crippen LogP contribution in [-0.2, 0) is 30.4 Å². The number of carboxylic acids is 2.